The minimum Gasteiger partial charge on any atom is -0.474 e. The van der Waals surface area contributed by atoms with E-state index < -0.39 is 0 Å². The summed E-state index contributed by atoms with van der Waals surface area (Å²) >= 11 is 0. The van der Waals surface area contributed by atoms with Crippen LogP contribution in [0.2, 0.25) is 0 Å². The first-order chi connectivity index (χ1) is 7.27. The topological polar surface area (TPSA) is 39.7 Å². The molecule has 0 atom stereocenters. The zero-order valence-corrected chi connectivity index (χ0v) is 9.37. The van der Waals surface area contributed by atoms with E-state index in [0.29, 0.717) is 12.5 Å². The number of hydrogen-bond acceptors (Lipinski definition) is 4. The lowest BCUT2D eigenvalue weighted by Crippen LogP contribution is -2.15. The molecule has 0 saturated carbocycles. The van der Waals surface area contributed by atoms with Gasteiger partial charge in [-0.1, -0.05) is 6.07 Å². The van der Waals surface area contributed by atoms with Crippen LogP contribution in [-0.2, 0) is 4.74 Å². The van der Waals surface area contributed by atoms with Crippen molar-refractivity contribution in [1.29, 1.82) is 0 Å². The van der Waals surface area contributed by atoms with Gasteiger partial charge in [-0.15, -0.1) is 0 Å². The summed E-state index contributed by atoms with van der Waals surface area (Å²) in [6.07, 6.45) is 0. The number of benzene rings is 1. The van der Waals surface area contributed by atoms with Crippen molar-refractivity contribution in [3.05, 3.63) is 23.8 Å². The molecular weight excluding hydrogens is 194 g/mol. The Kier molecular flexibility index (Phi) is 4.93. The molecule has 0 aromatic heterocycles. The van der Waals surface area contributed by atoms with Crippen LogP contribution in [0, 0.1) is 6.92 Å². The molecule has 1 aromatic carbocycles. The van der Waals surface area contributed by atoms with Gasteiger partial charge in [0.25, 0.3) is 0 Å². The minimum atomic E-state index is 0.221. The van der Waals surface area contributed by atoms with Crippen LogP contribution in [-0.4, -0.2) is 27.7 Å². The van der Waals surface area contributed by atoms with E-state index in [2.05, 4.69) is 5.32 Å². The normalized spacial score (nSPS) is 10.1. The first kappa shape index (κ1) is 11.8. The Morgan fingerprint density at radius 3 is 2.67 bits per heavy atom. The first-order valence-corrected chi connectivity index (χ1v) is 4.77. The molecule has 1 N–H and O–H groups in total. The third kappa shape index (κ3) is 3.77. The highest BCUT2D eigenvalue weighted by Crippen LogP contribution is 2.27. The standard InChI is InChI=1S/C11H17NO3/c1-9-4-5-10(15-8-13-3)11(6-9)14-7-12-2/h4-6,12H,7-8H2,1-3H3. The predicted octanol–water partition coefficient (Wildman–Crippen LogP) is 1.53. The highest BCUT2D eigenvalue weighted by Gasteiger charge is 2.04. The van der Waals surface area contributed by atoms with Gasteiger partial charge in [-0.3, -0.25) is 5.32 Å². The van der Waals surface area contributed by atoms with Gasteiger partial charge in [0.2, 0.25) is 0 Å². The van der Waals surface area contributed by atoms with Gasteiger partial charge in [-0.2, -0.15) is 0 Å². The van der Waals surface area contributed by atoms with Gasteiger partial charge < -0.3 is 14.2 Å². The third-order valence-electron chi connectivity index (χ3n) is 1.80. The maximum atomic E-state index is 5.47. The van der Waals surface area contributed by atoms with Gasteiger partial charge in [0.05, 0.1) is 0 Å². The molecule has 0 aliphatic heterocycles. The van der Waals surface area contributed by atoms with E-state index in [4.69, 9.17) is 14.2 Å². The zero-order valence-electron chi connectivity index (χ0n) is 9.37. The van der Waals surface area contributed by atoms with Gasteiger partial charge in [-0.05, 0) is 31.7 Å². The molecule has 0 fully saturated rings. The highest BCUT2D eigenvalue weighted by molar-refractivity contribution is 5.42. The lowest BCUT2D eigenvalue weighted by atomic mass is 10.2. The van der Waals surface area contributed by atoms with Crippen LogP contribution in [0.4, 0.5) is 0 Å². The van der Waals surface area contributed by atoms with Crippen molar-refractivity contribution < 1.29 is 14.2 Å². The van der Waals surface area contributed by atoms with Gasteiger partial charge >= 0.3 is 0 Å². The molecule has 84 valence electrons. The Bertz CT molecular complexity index is 302. The first-order valence-electron chi connectivity index (χ1n) is 4.77. The monoisotopic (exact) mass is 211 g/mol. The van der Waals surface area contributed by atoms with Crippen LogP contribution in [0.5, 0.6) is 11.5 Å². The fraction of sp³-hybridized carbons (Fsp3) is 0.455. The Morgan fingerprint density at radius 1 is 1.20 bits per heavy atom. The predicted molar refractivity (Wildman–Crippen MR) is 58.2 cm³/mol. The summed E-state index contributed by atoms with van der Waals surface area (Å²) in [7, 11) is 3.41. The minimum absolute atomic E-state index is 0.221. The second-order valence-electron chi connectivity index (χ2n) is 3.14. The van der Waals surface area contributed by atoms with Gasteiger partial charge in [0, 0.05) is 7.11 Å². The Labute approximate surface area is 90.1 Å². The summed E-state index contributed by atoms with van der Waals surface area (Å²) in [6, 6.07) is 5.78. The van der Waals surface area contributed by atoms with Gasteiger partial charge in [0.1, 0.15) is 6.73 Å². The fourth-order valence-corrected chi connectivity index (χ4v) is 1.12. The van der Waals surface area contributed by atoms with E-state index in [9.17, 15) is 0 Å². The van der Waals surface area contributed by atoms with Crippen molar-refractivity contribution in [1.82, 2.24) is 5.32 Å². The Balaban J connectivity index is 2.73. The van der Waals surface area contributed by atoms with Crippen molar-refractivity contribution in [3.63, 3.8) is 0 Å². The Morgan fingerprint density at radius 2 is 2.00 bits per heavy atom. The van der Waals surface area contributed by atoms with Gasteiger partial charge in [0.15, 0.2) is 18.3 Å². The van der Waals surface area contributed by atoms with Gasteiger partial charge in [-0.25, -0.2) is 0 Å². The molecule has 0 aliphatic rings. The maximum Gasteiger partial charge on any atom is 0.188 e. The van der Waals surface area contributed by atoms with Crippen molar-refractivity contribution >= 4 is 0 Å². The quantitative estimate of drug-likeness (QED) is 0.724. The highest BCUT2D eigenvalue weighted by atomic mass is 16.7. The van der Waals surface area contributed by atoms with Crippen LogP contribution in [0.15, 0.2) is 18.2 Å². The number of methoxy groups -OCH3 is 1. The molecule has 15 heavy (non-hydrogen) atoms. The van der Waals surface area contributed by atoms with E-state index in [1.165, 1.54) is 0 Å². The molecular formula is C11H17NO3. The van der Waals surface area contributed by atoms with Crippen LogP contribution in [0.25, 0.3) is 0 Å². The summed E-state index contributed by atoms with van der Waals surface area (Å²) in [5, 5.41) is 2.91. The van der Waals surface area contributed by atoms with Crippen LogP contribution < -0.4 is 14.8 Å². The molecule has 0 aliphatic carbocycles. The molecule has 0 saturated heterocycles. The molecule has 0 radical (unpaired) electrons. The lowest BCUT2D eigenvalue weighted by molar-refractivity contribution is 0.0484. The van der Waals surface area contributed by atoms with E-state index in [1.54, 1.807) is 7.11 Å². The molecule has 1 rings (SSSR count). The van der Waals surface area contributed by atoms with E-state index in [1.807, 2.05) is 32.2 Å². The number of ether oxygens (including phenoxy) is 3. The number of hydrogen-bond donors (Lipinski definition) is 1. The fourth-order valence-electron chi connectivity index (χ4n) is 1.12. The summed E-state index contributed by atoms with van der Waals surface area (Å²) in [4.78, 5) is 0. The Hall–Kier alpha value is -1.26. The zero-order chi connectivity index (χ0) is 11.1. The van der Waals surface area contributed by atoms with Crippen molar-refractivity contribution in [2.45, 2.75) is 6.92 Å². The largest absolute Gasteiger partial charge is 0.474 e. The SMILES string of the molecule is CNCOc1cc(C)ccc1OCOC. The van der Waals surface area contributed by atoms with E-state index >= 15 is 0 Å². The average molecular weight is 211 g/mol. The van der Waals surface area contributed by atoms with Crippen molar-refractivity contribution in [2.75, 3.05) is 27.7 Å². The third-order valence-corrected chi connectivity index (χ3v) is 1.80. The molecule has 0 bridgehead atoms. The molecule has 1 aromatic rings. The maximum absolute atomic E-state index is 5.47. The average Bonchev–Trinajstić information content (AvgIpc) is 2.25. The van der Waals surface area contributed by atoms with Crippen molar-refractivity contribution in [2.24, 2.45) is 0 Å². The van der Waals surface area contributed by atoms with Crippen LogP contribution in [0.3, 0.4) is 0 Å². The van der Waals surface area contributed by atoms with Crippen LogP contribution >= 0.6 is 0 Å². The number of aryl methyl sites for hydroxylation is 1. The van der Waals surface area contributed by atoms with Crippen molar-refractivity contribution in [3.8, 4) is 11.5 Å². The molecule has 0 heterocycles. The second-order valence-corrected chi connectivity index (χ2v) is 3.14. The smallest absolute Gasteiger partial charge is 0.188 e. The van der Waals surface area contributed by atoms with E-state index in [0.717, 1.165) is 11.3 Å². The number of rotatable bonds is 6. The summed E-state index contributed by atoms with van der Waals surface area (Å²) in [5.41, 5.74) is 1.13. The number of nitrogens with one attached hydrogen (secondary N) is 1. The molecule has 4 heteroatoms. The molecule has 0 spiro atoms. The molecule has 0 amide bonds. The lowest BCUT2D eigenvalue weighted by Gasteiger charge is -2.12. The van der Waals surface area contributed by atoms with E-state index in [-0.39, 0.29) is 6.79 Å². The molecule has 4 nitrogen and oxygen atoms in total. The summed E-state index contributed by atoms with van der Waals surface area (Å²) in [6.45, 7) is 2.68. The summed E-state index contributed by atoms with van der Waals surface area (Å²) < 4.78 is 15.7. The summed E-state index contributed by atoms with van der Waals surface area (Å²) in [5.74, 6) is 1.42. The molecule has 0 unspecified atom stereocenters. The van der Waals surface area contributed by atoms with Crippen LogP contribution in [0.1, 0.15) is 5.56 Å². The second kappa shape index (κ2) is 6.27.